The van der Waals surface area contributed by atoms with Gasteiger partial charge in [0.25, 0.3) is 0 Å². The quantitative estimate of drug-likeness (QED) is 0.868. The molecule has 1 atom stereocenters. The van der Waals surface area contributed by atoms with E-state index in [1.54, 1.807) is 13.4 Å². The van der Waals surface area contributed by atoms with Crippen LogP contribution in [0, 0.1) is 0 Å². The molecule has 1 unspecified atom stereocenters. The van der Waals surface area contributed by atoms with Crippen LogP contribution in [0.15, 0.2) is 21.2 Å². The van der Waals surface area contributed by atoms with Gasteiger partial charge in [-0.05, 0) is 28.5 Å². The van der Waals surface area contributed by atoms with Crippen LogP contribution in [0.5, 0.6) is 0 Å². The number of furan rings is 1. The molecule has 1 heterocycles. The van der Waals surface area contributed by atoms with Crippen molar-refractivity contribution in [1.29, 1.82) is 0 Å². The highest BCUT2D eigenvalue weighted by Gasteiger charge is 2.16. The molecule has 0 aliphatic carbocycles. The Kier molecular flexibility index (Phi) is 4.48. The van der Waals surface area contributed by atoms with Crippen LogP contribution in [-0.2, 0) is 4.74 Å². The van der Waals surface area contributed by atoms with Crippen LogP contribution < -0.4 is 5.32 Å². The van der Waals surface area contributed by atoms with Crippen LogP contribution in [0.4, 0.5) is 0 Å². The van der Waals surface area contributed by atoms with Crippen molar-refractivity contribution < 1.29 is 9.15 Å². The Morgan fingerprint density at radius 1 is 1.69 bits per heavy atom. The lowest BCUT2D eigenvalue weighted by atomic mass is 10.2. The van der Waals surface area contributed by atoms with Crippen molar-refractivity contribution in [2.24, 2.45) is 0 Å². The molecule has 0 aliphatic rings. The maximum Gasteiger partial charge on any atom is 0.137 e. The van der Waals surface area contributed by atoms with E-state index in [0.29, 0.717) is 6.61 Å². The maximum atomic E-state index is 5.34. The fourth-order valence-corrected chi connectivity index (χ4v) is 1.67. The van der Waals surface area contributed by atoms with Crippen LogP contribution in [0.1, 0.15) is 18.7 Å². The molecule has 1 aromatic heterocycles. The third-order valence-electron chi connectivity index (χ3n) is 1.75. The lowest BCUT2D eigenvalue weighted by molar-refractivity contribution is 0.158. The van der Waals surface area contributed by atoms with Gasteiger partial charge in [0.15, 0.2) is 0 Å². The van der Waals surface area contributed by atoms with E-state index >= 15 is 0 Å². The molecule has 1 rings (SSSR count). The van der Waals surface area contributed by atoms with Gasteiger partial charge in [-0.1, -0.05) is 6.92 Å². The fraction of sp³-hybridized carbons (Fsp3) is 0.556. The molecule has 0 spiro atoms. The normalized spacial score (nSPS) is 13.2. The third-order valence-corrected chi connectivity index (χ3v) is 2.40. The lowest BCUT2D eigenvalue weighted by Crippen LogP contribution is -2.24. The predicted molar refractivity (Wildman–Crippen MR) is 54.7 cm³/mol. The SMILES string of the molecule is CCNC(COC)c1occc1Br. The summed E-state index contributed by atoms with van der Waals surface area (Å²) in [7, 11) is 1.68. The van der Waals surface area contributed by atoms with E-state index in [2.05, 4.69) is 28.2 Å². The smallest absolute Gasteiger partial charge is 0.137 e. The van der Waals surface area contributed by atoms with Gasteiger partial charge in [0, 0.05) is 7.11 Å². The van der Waals surface area contributed by atoms with Crippen LogP contribution in [0.25, 0.3) is 0 Å². The largest absolute Gasteiger partial charge is 0.466 e. The van der Waals surface area contributed by atoms with E-state index in [-0.39, 0.29) is 6.04 Å². The zero-order chi connectivity index (χ0) is 9.68. The molecule has 0 bridgehead atoms. The Hall–Kier alpha value is -0.320. The second kappa shape index (κ2) is 5.42. The van der Waals surface area contributed by atoms with Crippen molar-refractivity contribution in [1.82, 2.24) is 5.32 Å². The van der Waals surface area contributed by atoms with Gasteiger partial charge >= 0.3 is 0 Å². The summed E-state index contributed by atoms with van der Waals surface area (Å²) in [6, 6.07) is 2.01. The average molecular weight is 248 g/mol. The molecule has 3 nitrogen and oxygen atoms in total. The van der Waals surface area contributed by atoms with Gasteiger partial charge in [0.1, 0.15) is 5.76 Å². The van der Waals surface area contributed by atoms with Crippen LogP contribution in [0.3, 0.4) is 0 Å². The molecule has 0 radical (unpaired) electrons. The van der Waals surface area contributed by atoms with Crippen LogP contribution in [-0.4, -0.2) is 20.3 Å². The minimum Gasteiger partial charge on any atom is -0.466 e. The topological polar surface area (TPSA) is 34.4 Å². The minimum absolute atomic E-state index is 0.124. The first-order chi connectivity index (χ1) is 6.29. The first-order valence-electron chi connectivity index (χ1n) is 4.24. The molecule has 0 amide bonds. The molecule has 1 aromatic rings. The van der Waals surface area contributed by atoms with Crippen molar-refractivity contribution in [3.05, 3.63) is 22.6 Å². The summed E-state index contributed by atoms with van der Waals surface area (Å²) in [5.41, 5.74) is 0. The lowest BCUT2D eigenvalue weighted by Gasteiger charge is -2.14. The van der Waals surface area contributed by atoms with Gasteiger partial charge in [-0.15, -0.1) is 0 Å². The Morgan fingerprint density at radius 3 is 2.92 bits per heavy atom. The number of hydrogen-bond acceptors (Lipinski definition) is 3. The zero-order valence-electron chi connectivity index (χ0n) is 7.84. The standard InChI is InChI=1S/C9H14BrNO2/c1-3-11-8(6-12-2)9-7(10)4-5-13-9/h4-5,8,11H,3,6H2,1-2H3. The number of likely N-dealkylation sites (N-methyl/N-ethyl adjacent to an activating group) is 1. The first kappa shape index (κ1) is 10.8. The molecule has 13 heavy (non-hydrogen) atoms. The average Bonchev–Trinajstić information content (AvgIpc) is 2.51. The summed E-state index contributed by atoms with van der Waals surface area (Å²) in [6.45, 7) is 3.56. The Morgan fingerprint density at radius 2 is 2.46 bits per heavy atom. The van der Waals surface area contributed by atoms with E-state index in [9.17, 15) is 0 Å². The van der Waals surface area contributed by atoms with E-state index < -0.39 is 0 Å². The molecule has 0 saturated carbocycles. The number of methoxy groups -OCH3 is 1. The number of hydrogen-bond donors (Lipinski definition) is 1. The van der Waals surface area contributed by atoms with Crippen molar-refractivity contribution in [3.8, 4) is 0 Å². The van der Waals surface area contributed by atoms with E-state index in [0.717, 1.165) is 16.8 Å². The van der Waals surface area contributed by atoms with E-state index in [1.165, 1.54) is 0 Å². The molecule has 4 heteroatoms. The van der Waals surface area contributed by atoms with Gasteiger partial charge in [-0.2, -0.15) is 0 Å². The highest BCUT2D eigenvalue weighted by Crippen LogP contribution is 2.24. The molecule has 74 valence electrons. The number of ether oxygens (including phenoxy) is 1. The number of nitrogens with one attached hydrogen (secondary N) is 1. The highest BCUT2D eigenvalue weighted by molar-refractivity contribution is 9.10. The second-order valence-electron chi connectivity index (χ2n) is 2.70. The highest BCUT2D eigenvalue weighted by atomic mass is 79.9. The van der Waals surface area contributed by atoms with Gasteiger partial charge < -0.3 is 14.5 Å². The third kappa shape index (κ3) is 2.83. The van der Waals surface area contributed by atoms with Gasteiger partial charge in [0.05, 0.1) is 23.4 Å². The molecular weight excluding hydrogens is 234 g/mol. The van der Waals surface area contributed by atoms with Crippen molar-refractivity contribution in [2.75, 3.05) is 20.3 Å². The zero-order valence-corrected chi connectivity index (χ0v) is 9.43. The Labute approximate surface area is 86.6 Å². The van der Waals surface area contributed by atoms with E-state index in [4.69, 9.17) is 9.15 Å². The number of halogens is 1. The summed E-state index contributed by atoms with van der Waals surface area (Å²) < 4.78 is 11.4. The summed E-state index contributed by atoms with van der Waals surface area (Å²) in [4.78, 5) is 0. The van der Waals surface area contributed by atoms with Gasteiger partial charge in [-0.3, -0.25) is 0 Å². The maximum absolute atomic E-state index is 5.34. The molecule has 0 fully saturated rings. The Balaban J connectivity index is 2.69. The van der Waals surface area contributed by atoms with E-state index in [1.807, 2.05) is 6.07 Å². The van der Waals surface area contributed by atoms with Crippen molar-refractivity contribution in [3.63, 3.8) is 0 Å². The van der Waals surface area contributed by atoms with Gasteiger partial charge in [0.2, 0.25) is 0 Å². The molecule has 0 aliphatic heterocycles. The Bertz CT molecular complexity index is 244. The molecule has 1 N–H and O–H groups in total. The summed E-state index contributed by atoms with van der Waals surface area (Å²) in [6.07, 6.45) is 1.67. The van der Waals surface area contributed by atoms with Crippen molar-refractivity contribution >= 4 is 15.9 Å². The monoisotopic (exact) mass is 247 g/mol. The molecule has 0 saturated heterocycles. The summed E-state index contributed by atoms with van der Waals surface area (Å²) in [5, 5.41) is 3.28. The fourth-order valence-electron chi connectivity index (χ4n) is 1.19. The predicted octanol–water partition coefficient (Wildman–Crippen LogP) is 2.34. The molecular formula is C9H14BrNO2. The summed E-state index contributed by atoms with van der Waals surface area (Å²) in [5.74, 6) is 0.892. The van der Waals surface area contributed by atoms with Crippen LogP contribution >= 0.6 is 15.9 Å². The molecule has 0 aromatic carbocycles. The first-order valence-corrected chi connectivity index (χ1v) is 5.04. The minimum atomic E-state index is 0.124. The number of rotatable bonds is 5. The summed E-state index contributed by atoms with van der Waals surface area (Å²) >= 11 is 3.42. The second-order valence-corrected chi connectivity index (χ2v) is 3.55. The van der Waals surface area contributed by atoms with Crippen LogP contribution in [0.2, 0.25) is 0 Å². The van der Waals surface area contributed by atoms with Crippen molar-refractivity contribution in [2.45, 2.75) is 13.0 Å². The van der Waals surface area contributed by atoms with Gasteiger partial charge in [-0.25, -0.2) is 0 Å².